The average Bonchev–Trinajstić information content (AvgIpc) is 2.00. The molecule has 0 aliphatic rings. The van der Waals surface area contributed by atoms with Gasteiger partial charge in [0.25, 0.3) is 0 Å². The predicted molar refractivity (Wildman–Crippen MR) is 49.2 cm³/mol. The zero-order valence-electron chi connectivity index (χ0n) is 8.21. The van der Waals surface area contributed by atoms with E-state index in [2.05, 4.69) is 0 Å². The Bertz CT molecular complexity index is 170. The zero-order chi connectivity index (χ0) is 9.78. The van der Waals surface area contributed by atoms with E-state index in [4.69, 9.17) is 4.52 Å². The van der Waals surface area contributed by atoms with Crippen molar-refractivity contribution in [2.24, 2.45) is 11.8 Å². The molecule has 0 saturated heterocycles. The lowest BCUT2D eigenvalue weighted by Gasteiger charge is -2.16. The number of hydrogen-bond donors (Lipinski definition) is 0. The van der Waals surface area contributed by atoms with Crippen molar-refractivity contribution in [3.8, 4) is 0 Å². The summed E-state index contributed by atoms with van der Waals surface area (Å²) in [4.78, 5) is 0. The fourth-order valence-corrected chi connectivity index (χ4v) is 1.15. The fourth-order valence-electron chi connectivity index (χ4n) is 0.513. The molecule has 4 heteroatoms. The summed E-state index contributed by atoms with van der Waals surface area (Å²) >= 11 is 0. The lowest BCUT2D eigenvalue weighted by Crippen LogP contribution is -2.10. The second-order valence-corrected chi connectivity index (χ2v) is 5.49. The molecule has 0 spiro atoms. The van der Waals surface area contributed by atoms with Gasteiger partial charge in [-0.15, -0.1) is 0 Å². The van der Waals surface area contributed by atoms with Gasteiger partial charge in [0.05, 0.1) is 12.8 Å². The van der Waals surface area contributed by atoms with Crippen molar-refractivity contribution in [1.29, 1.82) is 0 Å². The first-order chi connectivity index (χ1) is 5.39. The van der Waals surface area contributed by atoms with Crippen molar-refractivity contribution < 1.29 is 13.3 Å². The molecule has 0 aliphatic carbocycles. The SMILES string of the molecule is CCP(=O)(F)OCC(C)C(C)C. The van der Waals surface area contributed by atoms with E-state index in [1.54, 1.807) is 0 Å². The third-order valence-electron chi connectivity index (χ3n) is 2.05. The van der Waals surface area contributed by atoms with E-state index in [-0.39, 0.29) is 18.7 Å². The summed E-state index contributed by atoms with van der Waals surface area (Å²) in [6, 6.07) is 0. The average molecular weight is 196 g/mol. The van der Waals surface area contributed by atoms with Gasteiger partial charge >= 0.3 is 7.68 Å². The molecule has 0 heterocycles. The second kappa shape index (κ2) is 4.98. The van der Waals surface area contributed by atoms with Gasteiger partial charge in [-0.25, -0.2) is 0 Å². The van der Waals surface area contributed by atoms with Gasteiger partial charge in [0.1, 0.15) is 0 Å². The highest BCUT2D eigenvalue weighted by atomic mass is 31.2. The van der Waals surface area contributed by atoms with Gasteiger partial charge in [-0.2, -0.15) is 4.20 Å². The summed E-state index contributed by atoms with van der Waals surface area (Å²) < 4.78 is 28.3. The molecule has 0 radical (unpaired) electrons. The van der Waals surface area contributed by atoms with E-state index in [1.807, 2.05) is 20.8 Å². The first-order valence-corrected chi connectivity index (χ1v) is 6.02. The molecule has 0 amide bonds. The monoisotopic (exact) mass is 196 g/mol. The molecule has 0 N–H and O–H groups in total. The molecule has 2 nitrogen and oxygen atoms in total. The minimum Gasteiger partial charge on any atom is -0.305 e. The molecule has 0 rings (SSSR count). The third kappa shape index (κ3) is 4.89. The lowest BCUT2D eigenvalue weighted by molar-refractivity contribution is 0.211. The molecule has 0 bridgehead atoms. The van der Waals surface area contributed by atoms with Crippen molar-refractivity contribution >= 4 is 7.68 Å². The summed E-state index contributed by atoms with van der Waals surface area (Å²) in [6.45, 7) is 7.80. The smallest absolute Gasteiger partial charge is 0.305 e. The van der Waals surface area contributed by atoms with Crippen LogP contribution in [0, 0.1) is 11.8 Å². The van der Waals surface area contributed by atoms with Crippen LogP contribution in [0.3, 0.4) is 0 Å². The maximum atomic E-state index is 12.8. The first kappa shape index (κ1) is 12.1. The Morgan fingerprint density at radius 2 is 1.92 bits per heavy atom. The van der Waals surface area contributed by atoms with Crippen LogP contribution in [-0.2, 0) is 9.09 Å². The molecule has 0 aromatic rings. The Morgan fingerprint density at radius 1 is 1.42 bits per heavy atom. The fraction of sp³-hybridized carbons (Fsp3) is 1.00. The summed E-state index contributed by atoms with van der Waals surface area (Å²) in [6.07, 6.45) is -0.0299. The predicted octanol–water partition coefficient (Wildman–Crippen LogP) is 3.48. The molecule has 2 atom stereocenters. The highest BCUT2D eigenvalue weighted by Gasteiger charge is 2.20. The van der Waals surface area contributed by atoms with Crippen LogP contribution in [0.4, 0.5) is 4.20 Å². The van der Waals surface area contributed by atoms with Crippen molar-refractivity contribution in [3.63, 3.8) is 0 Å². The molecule has 0 aromatic carbocycles. The molecule has 0 aromatic heterocycles. The van der Waals surface area contributed by atoms with Crippen molar-refractivity contribution in [2.75, 3.05) is 12.8 Å². The molecule has 2 unspecified atom stereocenters. The number of hydrogen-bond acceptors (Lipinski definition) is 2. The first-order valence-electron chi connectivity index (χ1n) is 4.32. The van der Waals surface area contributed by atoms with E-state index >= 15 is 0 Å². The Labute approximate surface area is 74.1 Å². The summed E-state index contributed by atoms with van der Waals surface area (Å²) in [5.41, 5.74) is 0. The molecule has 12 heavy (non-hydrogen) atoms. The van der Waals surface area contributed by atoms with Gasteiger partial charge in [-0.05, 0) is 11.8 Å². The van der Waals surface area contributed by atoms with Crippen molar-refractivity contribution in [3.05, 3.63) is 0 Å². The molecule has 0 saturated carbocycles. The van der Waals surface area contributed by atoms with Crippen LogP contribution in [0.5, 0.6) is 0 Å². The second-order valence-electron chi connectivity index (χ2n) is 3.42. The Balaban J connectivity index is 3.76. The molecule has 0 aliphatic heterocycles. The summed E-state index contributed by atoms with van der Waals surface area (Å²) in [5, 5.41) is 0. The van der Waals surface area contributed by atoms with Crippen LogP contribution >= 0.6 is 7.68 Å². The van der Waals surface area contributed by atoms with Gasteiger partial charge in [0.15, 0.2) is 0 Å². The van der Waals surface area contributed by atoms with E-state index < -0.39 is 7.68 Å². The maximum absolute atomic E-state index is 12.8. The third-order valence-corrected chi connectivity index (χ3v) is 3.34. The Kier molecular flexibility index (Phi) is 5.03. The number of rotatable bonds is 5. The minimum atomic E-state index is -3.77. The van der Waals surface area contributed by atoms with Gasteiger partial charge in [0, 0.05) is 0 Å². The maximum Gasteiger partial charge on any atom is 0.367 e. The van der Waals surface area contributed by atoms with Crippen LogP contribution in [0.1, 0.15) is 27.7 Å². The highest BCUT2D eigenvalue weighted by Crippen LogP contribution is 2.48. The van der Waals surface area contributed by atoms with Gasteiger partial charge in [0.2, 0.25) is 0 Å². The van der Waals surface area contributed by atoms with E-state index in [1.165, 1.54) is 6.92 Å². The molecule has 0 fully saturated rings. The quantitative estimate of drug-likeness (QED) is 0.629. The molecular formula is C8H18FO2P. The van der Waals surface area contributed by atoms with Gasteiger partial charge in [-0.1, -0.05) is 27.7 Å². The summed E-state index contributed by atoms with van der Waals surface area (Å²) in [7, 11) is -3.77. The largest absolute Gasteiger partial charge is 0.367 e. The molecule has 74 valence electrons. The van der Waals surface area contributed by atoms with Crippen molar-refractivity contribution in [1.82, 2.24) is 0 Å². The van der Waals surface area contributed by atoms with Crippen LogP contribution in [0.25, 0.3) is 0 Å². The summed E-state index contributed by atoms with van der Waals surface area (Å²) in [5.74, 6) is 0.683. The Hall–Kier alpha value is 0.120. The van der Waals surface area contributed by atoms with Crippen molar-refractivity contribution in [2.45, 2.75) is 27.7 Å². The van der Waals surface area contributed by atoms with Crippen LogP contribution in [-0.4, -0.2) is 12.8 Å². The van der Waals surface area contributed by atoms with Crippen LogP contribution in [0.15, 0.2) is 0 Å². The van der Waals surface area contributed by atoms with Crippen LogP contribution < -0.4 is 0 Å². The lowest BCUT2D eigenvalue weighted by atomic mass is 10.00. The van der Waals surface area contributed by atoms with E-state index in [0.29, 0.717) is 5.92 Å². The van der Waals surface area contributed by atoms with Crippen LogP contribution in [0.2, 0.25) is 0 Å². The van der Waals surface area contributed by atoms with Gasteiger partial charge < -0.3 is 4.52 Å². The van der Waals surface area contributed by atoms with E-state index in [9.17, 15) is 8.76 Å². The highest BCUT2D eigenvalue weighted by molar-refractivity contribution is 7.53. The Morgan fingerprint density at radius 3 is 2.25 bits per heavy atom. The molecular weight excluding hydrogens is 178 g/mol. The van der Waals surface area contributed by atoms with Gasteiger partial charge in [-0.3, -0.25) is 4.57 Å². The topological polar surface area (TPSA) is 26.3 Å². The minimum absolute atomic E-state index is 0.0299. The number of halogens is 1. The normalized spacial score (nSPS) is 19.2. The van der Waals surface area contributed by atoms with E-state index in [0.717, 1.165) is 0 Å². The standard InChI is InChI=1S/C8H18FO2P/c1-5-12(9,10)11-6-8(4)7(2)3/h7-8H,5-6H2,1-4H3. The zero-order valence-corrected chi connectivity index (χ0v) is 9.11.